The van der Waals surface area contributed by atoms with E-state index in [-0.39, 0.29) is 24.5 Å². The lowest BCUT2D eigenvalue weighted by atomic mass is 10.1. The third kappa shape index (κ3) is 4.85. The van der Waals surface area contributed by atoms with Crippen molar-refractivity contribution in [2.45, 2.75) is 39.0 Å². The summed E-state index contributed by atoms with van der Waals surface area (Å²) in [6, 6.07) is 6.49. The Bertz CT molecular complexity index is 1040. The number of aryl methyl sites for hydroxylation is 2. The maximum Gasteiger partial charge on any atom is 0.433 e. The second-order valence-electron chi connectivity index (χ2n) is 6.37. The van der Waals surface area contributed by atoms with Crippen molar-refractivity contribution in [3.63, 3.8) is 0 Å². The summed E-state index contributed by atoms with van der Waals surface area (Å²) in [4.78, 5) is 14.0. The van der Waals surface area contributed by atoms with Crippen molar-refractivity contribution in [3.05, 3.63) is 58.7 Å². The average molecular weight is 410 g/mol. The summed E-state index contributed by atoms with van der Waals surface area (Å²) in [5, 5.41) is 11.1. The molecular weight excluding hydrogens is 394 g/mol. The van der Waals surface area contributed by atoms with Gasteiger partial charge in [-0.25, -0.2) is 9.37 Å². The number of carbonyl (C=O) groups is 1. The lowest BCUT2D eigenvalue weighted by Gasteiger charge is -2.14. The minimum Gasteiger partial charge on any atom is -0.550 e. The van der Waals surface area contributed by atoms with Crippen LogP contribution in [0.2, 0.25) is 0 Å². The fourth-order valence-electron chi connectivity index (χ4n) is 2.91. The minimum absolute atomic E-state index is 0.256. The smallest absolute Gasteiger partial charge is 0.433 e. The van der Waals surface area contributed by atoms with Crippen LogP contribution < -0.4 is 9.84 Å². The standard InChI is InChI=1S/C20H17F4NO4/c1-2-15-9-12-7-14(21)8-13(18(12)29-15)10-28-16-5-3-11(4-6-17(26)27)19(25-16)20(22,23)24/h3,5,7-9H,2,4,6,10H2,1H3,(H,26,27)/p-1. The highest BCUT2D eigenvalue weighted by Crippen LogP contribution is 2.33. The molecule has 0 fully saturated rings. The van der Waals surface area contributed by atoms with Crippen LogP contribution in [0.3, 0.4) is 0 Å². The molecule has 29 heavy (non-hydrogen) atoms. The summed E-state index contributed by atoms with van der Waals surface area (Å²) >= 11 is 0. The van der Waals surface area contributed by atoms with Crippen molar-refractivity contribution in [3.8, 4) is 5.88 Å². The Kier molecular flexibility index (Phi) is 5.76. The van der Waals surface area contributed by atoms with Crippen LogP contribution in [0.1, 0.15) is 35.9 Å². The van der Waals surface area contributed by atoms with E-state index in [2.05, 4.69) is 4.98 Å². The Morgan fingerprint density at radius 3 is 2.62 bits per heavy atom. The number of carbonyl (C=O) groups excluding carboxylic acids is 1. The summed E-state index contributed by atoms with van der Waals surface area (Å²) in [6.45, 7) is 1.61. The number of hydrogen-bond acceptors (Lipinski definition) is 5. The number of aromatic nitrogens is 1. The molecular formula is C20H16F4NO4-. The number of alkyl halides is 3. The highest BCUT2D eigenvalue weighted by molar-refractivity contribution is 5.81. The molecule has 0 saturated heterocycles. The number of nitrogens with zero attached hydrogens (tertiary/aromatic N) is 1. The van der Waals surface area contributed by atoms with Crippen molar-refractivity contribution >= 4 is 16.9 Å². The highest BCUT2D eigenvalue weighted by atomic mass is 19.4. The fourth-order valence-corrected chi connectivity index (χ4v) is 2.91. The van der Waals surface area contributed by atoms with Crippen LogP contribution in [-0.4, -0.2) is 11.0 Å². The van der Waals surface area contributed by atoms with Crippen molar-refractivity contribution < 1.29 is 36.6 Å². The second kappa shape index (κ2) is 8.10. The maximum atomic E-state index is 13.8. The van der Waals surface area contributed by atoms with Gasteiger partial charge in [-0.1, -0.05) is 13.0 Å². The summed E-state index contributed by atoms with van der Waals surface area (Å²) < 4.78 is 64.6. The second-order valence-corrected chi connectivity index (χ2v) is 6.37. The van der Waals surface area contributed by atoms with Gasteiger partial charge in [0.2, 0.25) is 5.88 Å². The zero-order chi connectivity index (χ0) is 21.2. The van der Waals surface area contributed by atoms with Crippen LogP contribution in [-0.2, 0) is 30.4 Å². The van der Waals surface area contributed by atoms with E-state index < -0.39 is 30.1 Å². The first kappa shape index (κ1) is 20.6. The number of halogens is 4. The van der Waals surface area contributed by atoms with E-state index in [4.69, 9.17) is 9.15 Å². The van der Waals surface area contributed by atoms with E-state index in [0.717, 1.165) is 6.07 Å². The van der Waals surface area contributed by atoms with Gasteiger partial charge in [0, 0.05) is 29.4 Å². The molecule has 0 aliphatic carbocycles. The van der Waals surface area contributed by atoms with Crippen LogP contribution in [0.25, 0.3) is 11.0 Å². The van der Waals surface area contributed by atoms with E-state index in [9.17, 15) is 27.5 Å². The summed E-state index contributed by atoms with van der Waals surface area (Å²) in [6.07, 6.45) is -5.13. The number of benzene rings is 1. The number of rotatable bonds is 7. The predicted molar refractivity (Wildman–Crippen MR) is 92.4 cm³/mol. The van der Waals surface area contributed by atoms with Gasteiger partial charge in [0.25, 0.3) is 0 Å². The van der Waals surface area contributed by atoms with Gasteiger partial charge in [0.05, 0.1) is 0 Å². The first-order valence-electron chi connectivity index (χ1n) is 8.78. The lowest BCUT2D eigenvalue weighted by molar-refractivity contribution is -0.305. The van der Waals surface area contributed by atoms with Crippen molar-refractivity contribution in [2.75, 3.05) is 0 Å². The molecule has 2 heterocycles. The Labute approximate surface area is 162 Å². The van der Waals surface area contributed by atoms with Crippen LogP contribution >= 0.6 is 0 Å². The fraction of sp³-hybridized carbons (Fsp3) is 0.300. The number of hydrogen-bond donors (Lipinski definition) is 0. The number of ether oxygens (including phenoxy) is 1. The van der Waals surface area contributed by atoms with E-state index in [0.29, 0.717) is 28.7 Å². The first-order valence-corrected chi connectivity index (χ1v) is 8.78. The van der Waals surface area contributed by atoms with Crippen LogP contribution in [0.5, 0.6) is 5.88 Å². The quantitative estimate of drug-likeness (QED) is 0.554. The number of furan rings is 1. The van der Waals surface area contributed by atoms with Gasteiger partial charge in [0.1, 0.15) is 23.8 Å². The number of fused-ring (bicyclic) bond motifs is 1. The first-order chi connectivity index (χ1) is 13.7. The molecule has 1 aromatic carbocycles. The highest BCUT2D eigenvalue weighted by Gasteiger charge is 2.35. The maximum absolute atomic E-state index is 13.8. The number of pyridine rings is 1. The van der Waals surface area contributed by atoms with Gasteiger partial charge in [-0.3, -0.25) is 0 Å². The molecule has 0 saturated carbocycles. The van der Waals surface area contributed by atoms with Gasteiger partial charge in [-0.15, -0.1) is 0 Å². The molecule has 0 spiro atoms. The zero-order valence-electron chi connectivity index (χ0n) is 15.3. The molecule has 3 rings (SSSR count). The van der Waals surface area contributed by atoms with Crippen LogP contribution in [0.4, 0.5) is 17.6 Å². The van der Waals surface area contributed by atoms with E-state index in [1.807, 2.05) is 6.92 Å². The van der Waals surface area contributed by atoms with Crippen molar-refractivity contribution in [2.24, 2.45) is 0 Å². The van der Waals surface area contributed by atoms with Gasteiger partial charge < -0.3 is 19.1 Å². The zero-order valence-corrected chi connectivity index (χ0v) is 15.3. The predicted octanol–water partition coefficient (Wildman–Crippen LogP) is 3.81. The molecule has 0 atom stereocenters. The Hall–Kier alpha value is -3.10. The minimum atomic E-state index is -4.79. The van der Waals surface area contributed by atoms with Crippen molar-refractivity contribution in [1.82, 2.24) is 4.98 Å². The summed E-state index contributed by atoms with van der Waals surface area (Å²) in [5.41, 5.74) is -0.784. The SMILES string of the molecule is CCc1cc2cc(F)cc(COc3ccc(CCC(=O)[O-])c(C(F)(F)F)n3)c2o1. The molecule has 2 aromatic heterocycles. The molecule has 0 aliphatic heterocycles. The Morgan fingerprint density at radius 2 is 1.97 bits per heavy atom. The molecule has 0 amide bonds. The third-order valence-electron chi connectivity index (χ3n) is 4.25. The lowest BCUT2D eigenvalue weighted by Crippen LogP contribution is -2.23. The molecule has 5 nitrogen and oxygen atoms in total. The van der Waals surface area contributed by atoms with Gasteiger partial charge in [-0.2, -0.15) is 13.2 Å². The topological polar surface area (TPSA) is 75.4 Å². The average Bonchev–Trinajstić information content (AvgIpc) is 3.07. The summed E-state index contributed by atoms with van der Waals surface area (Å²) in [5.74, 6) is -1.67. The monoisotopic (exact) mass is 410 g/mol. The Balaban J connectivity index is 1.86. The van der Waals surface area contributed by atoms with Gasteiger partial charge in [0.15, 0.2) is 5.69 Å². The molecule has 154 valence electrons. The number of aliphatic carboxylic acids is 1. The third-order valence-corrected chi connectivity index (χ3v) is 4.25. The molecule has 0 radical (unpaired) electrons. The number of carboxylic acids is 1. The van der Waals surface area contributed by atoms with E-state index in [1.54, 1.807) is 6.07 Å². The molecule has 0 bridgehead atoms. The van der Waals surface area contributed by atoms with E-state index >= 15 is 0 Å². The van der Waals surface area contributed by atoms with Crippen LogP contribution in [0.15, 0.2) is 34.7 Å². The van der Waals surface area contributed by atoms with Crippen molar-refractivity contribution in [1.29, 1.82) is 0 Å². The van der Waals surface area contributed by atoms with E-state index in [1.165, 1.54) is 18.2 Å². The largest absolute Gasteiger partial charge is 0.550 e. The molecule has 0 N–H and O–H groups in total. The molecule has 9 heteroatoms. The summed E-state index contributed by atoms with van der Waals surface area (Å²) in [7, 11) is 0. The normalized spacial score (nSPS) is 11.8. The molecule has 3 aromatic rings. The van der Waals surface area contributed by atoms with Crippen LogP contribution in [0, 0.1) is 5.82 Å². The molecule has 0 aliphatic rings. The van der Waals surface area contributed by atoms with Gasteiger partial charge >= 0.3 is 6.18 Å². The molecule has 0 unspecified atom stereocenters. The Morgan fingerprint density at radius 1 is 1.21 bits per heavy atom. The van der Waals surface area contributed by atoms with Gasteiger partial charge in [-0.05, 0) is 36.6 Å². The number of carboxylic acid groups (broad SMARTS) is 1.